The van der Waals surface area contributed by atoms with Crippen LogP contribution in [-0.2, 0) is 17.7 Å². The van der Waals surface area contributed by atoms with Crippen molar-refractivity contribution in [2.45, 2.75) is 65.0 Å². The Bertz CT molecular complexity index is 867. The van der Waals surface area contributed by atoms with Gasteiger partial charge in [0.05, 0.1) is 22.7 Å². The molecule has 154 valence electrons. The van der Waals surface area contributed by atoms with Gasteiger partial charge in [-0.15, -0.1) is 0 Å². The number of phenols is 1. The molecule has 0 aliphatic heterocycles. The minimum Gasteiger partial charge on any atom is -0.506 e. The fourth-order valence-electron chi connectivity index (χ4n) is 4.55. The Morgan fingerprint density at radius 3 is 2.54 bits per heavy atom. The molecule has 1 saturated carbocycles. The molecule has 0 unspecified atom stereocenters. The number of carbonyl (C=O) groups is 1. The van der Waals surface area contributed by atoms with E-state index in [1.165, 1.54) is 19.3 Å². The summed E-state index contributed by atoms with van der Waals surface area (Å²) in [6.45, 7) is 4.70. The molecule has 1 aliphatic rings. The summed E-state index contributed by atoms with van der Waals surface area (Å²) in [5.41, 5.74) is 3.21. The maximum atomic E-state index is 13.0. The molecule has 5 nitrogen and oxygen atoms in total. The molecule has 1 fully saturated rings. The molecule has 2 aromatic rings. The molecule has 0 amide bonds. The average molecular weight is 407 g/mol. The molecule has 0 radical (unpaired) electrons. The number of nitrogens with zero attached hydrogens (tertiary/aromatic N) is 2. The van der Waals surface area contributed by atoms with Crippen LogP contribution in [0.5, 0.6) is 5.75 Å². The van der Waals surface area contributed by atoms with E-state index >= 15 is 0 Å². The van der Waals surface area contributed by atoms with Gasteiger partial charge in [-0.25, -0.2) is 4.79 Å². The molecule has 1 N–H and O–H groups in total. The van der Waals surface area contributed by atoms with Gasteiger partial charge in [0.25, 0.3) is 0 Å². The number of carbonyl (C=O) groups excluding carboxylic acids is 1. The van der Waals surface area contributed by atoms with Gasteiger partial charge < -0.3 is 19.3 Å². The minimum atomic E-state index is -0.319. The standard InChI is InChI=1S/C22H31ClN2O3/c1-5-17-20(22(27)28-6-2)19-15(13-24(3)4)21(26)16(23)12-18(19)25(17)14-10-8-7-9-11-14/h12,14,26H,5-11,13H2,1-4H3. The largest absolute Gasteiger partial charge is 0.506 e. The van der Waals surface area contributed by atoms with Crippen LogP contribution in [0.3, 0.4) is 0 Å². The Balaban J connectivity index is 2.38. The van der Waals surface area contributed by atoms with E-state index in [0.29, 0.717) is 35.3 Å². The van der Waals surface area contributed by atoms with Crippen LogP contribution in [0.4, 0.5) is 0 Å². The van der Waals surface area contributed by atoms with E-state index in [-0.39, 0.29) is 11.7 Å². The number of esters is 1. The Morgan fingerprint density at radius 1 is 1.29 bits per heavy atom. The van der Waals surface area contributed by atoms with Crippen LogP contribution in [0.2, 0.25) is 5.02 Å². The third-order valence-electron chi connectivity index (χ3n) is 5.65. The van der Waals surface area contributed by atoms with Crippen molar-refractivity contribution in [1.82, 2.24) is 9.47 Å². The van der Waals surface area contributed by atoms with Gasteiger partial charge >= 0.3 is 5.97 Å². The Kier molecular flexibility index (Phi) is 6.56. The van der Waals surface area contributed by atoms with E-state index in [1.54, 1.807) is 0 Å². The summed E-state index contributed by atoms with van der Waals surface area (Å²) in [5, 5.41) is 11.9. The fraction of sp³-hybridized carbons (Fsp3) is 0.591. The molecule has 1 heterocycles. The lowest BCUT2D eigenvalue weighted by molar-refractivity contribution is 0.0526. The van der Waals surface area contributed by atoms with Crippen molar-refractivity contribution in [2.24, 2.45) is 0 Å². The van der Waals surface area contributed by atoms with Crippen LogP contribution >= 0.6 is 11.6 Å². The molecule has 1 aliphatic carbocycles. The second-order valence-electron chi connectivity index (χ2n) is 7.88. The summed E-state index contributed by atoms with van der Waals surface area (Å²) in [6, 6.07) is 2.17. The summed E-state index contributed by atoms with van der Waals surface area (Å²) in [7, 11) is 3.88. The zero-order valence-electron chi connectivity index (χ0n) is 17.3. The predicted octanol–water partition coefficient (Wildman–Crippen LogP) is 5.31. The molecule has 0 spiro atoms. The lowest BCUT2D eigenvalue weighted by Crippen LogP contribution is -2.16. The number of phenolic OH excluding ortho intramolecular Hbond substituents is 1. The number of fused-ring (bicyclic) bond motifs is 1. The fourth-order valence-corrected chi connectivity index (χ4v) is 4.77. The maximum Gasteiger partial charge on any atom is 0.340 e. The lowest BCUT2D eigenvalue weighted by atomic mass is 9.95. The molecule has 0 saturated heterocycles. The SMILES string of the molecule is CCOC(=O)c1c(CC)n(C2CCCCC2)c2cc(Cl)c(O)c(CN(C)C)c12. The number of hydrogen-bond acceptors (Lipinski definition) is 4. The van der Waals surface area contributed by atoms with Crippen LogP contribution in [0.15, 0.2) is 6.07 Å². The monoisotopic (exact) mass is 406 g/mol. The smallest absolute Gasteiger partial charge is 0.340 e. The molecular formula is C22H31ClN2O3. The highest BCUT2D eigenvalue weighted by atomic mass is 35.5. The second kappa shape index (κ2) is 8.75. The zero-order valence-corrected chi connectivity index (χ0v) is 18.1. The highest BCUT2D eigenvalue weighted by Crippen LogP contribution is 2.43. The van der Waals surface area contributed by atoms with Crippen LogP contribution in [-0.4, -0.2) is 41.2 Å². The summed E-state index contributed by atoms with van der Waals surface area (Å²) in [6.07, 6.45) is 6.56. The minimum absolute atomic E-state index is 0.0527. The van der Waals surface area contributed by atoms with Crippen LogP contribution < -0.4 is 0 Å². The summed E-state index contributed by atoms with van der Waals surface area (Å²) >= 11 is 6.43. The van der Waals surface area contributed by atoms with Gasteiger partial charge in [0.1, 0.15) is 5.75 Å². The van der Waals surface area contributed by atoms with Crippen molar-refractivity contribution >= 4 is 28.5 Å². The van der Waals surface area contributed by atoms with Gasteiger partial charge in [0.2, 0.25) is 0 Å². The third kappa shape index (κ3) is 3.74. The number of ether oxygens (including phenoxy) is 1. The maximum absolute atomic E-state index is 13.0. The second-order valence-corrected chi connectivity index (χ2v) is 8.28. The van der Waals surface area contributed by atoms with Crippen LogP contribution in [0, 0.1) is 0 Å². The molecule has 1 aromatic heterocycles. The molecule has 28 heavy (non-hydrogen) atoms. The van der Waals surface area contributed by atoms with E-state index in [9.17, 15) is 9.90 Å². The highest BCUT2D eigenvalue weighted by Gasteiger charge is 2.30. The van der Waals surface area contributed by atoms with Gasteiger partial charge in [-0.05, 0) is 46.3 Å². The molecule has 0 bridgehead atoms. The topological polar surface area (TPSA) is 54.7 Å². The summed E-state index contributed by atoms with van der Waals surface area (Å²) in [5.74, 6) is -0.266. The van der Waals surface area contributed by atoms with Crippen molar-refractivity contribution < 1.29 is 14.6 Å². The van der Waals surface area contributed by atoms with Crippen molar-refractivity contribution in [3.63, 3.8) is 0 Å². The van der Waals surface area contributed by atoms with Crippen LogP contribution in [0.1, 0.15) is 73.6 Å². The Hall–Kier alpha value is -1.72. The van der Waals surface area contributed by atoms with Crippen molar-refractivity contribution in [1.29, 1.82) is 0 Å². The van der Waals surface area contributed by atoms with Gasteiger partial charge in [-0.3, -0.25) is 0 Å². The molecule has 0 atom stereocenters. The number of aromatic nitrogens is 1. The number of aromatic hydroxyl groups is 1. The van der Waals surface area contributed by atoms with E-state index in [4.69, 9.17) is 16.3 Å². The first-order valence-electron chi connectivity index (χ1n) is 10.3. The summed E-state index contributed by atoms with van der Waals surface area (Å²) in [4.78, 5) is 15.0. The third-order valence-corrected chi connectivity index (χ3v) is 5.94. The molecular weight excluding hydrogens is 376 g/mol. The van der Waals surface area contributed by atoms with Crippen molar-refractivity contribution in [2.75, 3.05) is 20.7 Å². The number of halogens is 1. The highest BCUT2D eigenvalue weighted by molar-refractivity contribution is 6.33. The van der Waals surface area contributed by atoms with Crippen molar-refractivity contribution in [3.05, 3.63) is 27.9 Å². The number of rotatable bonds is 6. The molecule has 6 heteroatoms. The quantitative estimate of drug-likeness (QED) is 0.661. The van der Waals surface area contributed by atoms with Gasteiger partial charge in [0, 0.05) is 29.2 Å². The first-order valence-corrected chi connectivity index (χ1v) is 10.7. The lowest BCUT2D eigenvalue weighted by Gasteiger charge is -2.26. The Morgan fingerprint density at radius 2 is 1.96 bits per heavy atom. The van der Waals surface area contributed by atoms with Crippen LogP contribution in [0.25, 0.3) is 10.9 Å². The van der Waals surface area contributed by atoms with Gasteiger partial charge in [-0.2, -0.15) is 0 Å². The number of hydrogen-bond donors (Lipinski definition) is 1. The normalized spacial score (nSPS) is 15.5. The van der Waals surface area contributed by atoms with Crippen molar-refractivity contribution in [3.8, 4) is 5.75 Å². The first kappa shape index (κ1) is 21.0. The van der Waals surface area contributed by atoms with E-state index in [0.717, 1.165) is 35.9 Å². The summed E-state index contributed by atoms with van der Waals surface area (Å²) < 4.78 is 7.74. The zero-order chi connectivity index (χ0) is 20.4. The van der Waals surface area contributed by atoms with Gasteiger partial charge in [-0.1, -0.05) is 37.8 Å². The van der Waals surface area contributed by atoms with E-state index in [2.05, 4.69) is 11.5 Å². The average Bonchev–Trinajstić information content (AvgIpc) is 2.99. The molecule has 3 rings (SSSR count). The Labute approximate surface area is 172 Å². The van der Waals surface area contributed by atoms with Gasteiger partial charge in [0.15, 0.2) is 0 Å². The predicted molar refractivity (Wildman–Crippen MR) is 113 cm³/mol. The van der Waals surface area contributed by atoms with E-state index in [1.807, 2.05) is 32.0 Å². The number of benzene rings is 1. The van der Waals surface area contributed by atoms with E-state index < -0.39 is 0 Å². The first-order chi connectivity index (χ1) is 13.4. The molecule has 1 aromatic carbocycles.